The van der Waals surface area contributed by atoms with Crippen molar-refractivity contribution in [1.82, 2.24) is 20.0 Å². The zero-order chi connectivity index (χ0) is 14.9. The molecule has 2 fully saturated rings. The van der Waals surface area contributed by atoms with E-state index in [1.807, 2.05) is 0 Å². The summed E-state index contributed by atoms with van der Waals surface area (Å²) < 4.78 is 3.27. The summed E-state index contributed by atoms with van der Waals surface area (Å²) in [5.41, 5.74) is 2.88. The number of nitrogens with zero attached hydrogens (tertiary/aromatic N) is 3. The first-order valence-corrected chi connectivity index (χ1v) is 9.10. The van der Waals surface area contributed by atoms with Crippen LogP contribution in [0.2, 0.25) is 0 Å². The van der Waals surface area contributed by atoms with E-state index < -0.39 is 0 Å². The van der Waals surface area contributed by atoms with Crippen molar-refractivity contribution in [1.29, 1.82) is 0 Å². The van der Waals surface area contributed by atoms with Crippen LogP contribution in [0.3, 0.4) is 0 Å². The Labute approximate surface area is 136 Å². The van der Waals surface area contributed by atoms with E-state index in [1.54, 1.807) is 0 Å². The van der Waals surface area contributed by atoms with E-state index in [9.17, 15) is 0 Å². The van der Waals surface area contributed by atoms with Crippen LogP contribution in [-0.2, 0) is 20.0 Å². The SMILES string of the molecule is CCc1nn(C)c(CN2CCNC3(CCCCC3)C2)c1Br. The normalized spacial score (nSPS) is 22.8. The number of halogens is 1. The maximum Gasteiger partial charge on any atom is 0.0767 e. The lowest BCUT2D eigenvalue weighted by Crippen LogP contribution is -2.60. The van der Waals surface area contributed by atoms with Crippen molar-refractivity contribution < 1.29 is 0 Å². The van der Waals surface area contributed by atoms with Crippen molar-refractivity contribution >= 4 is 15.9 Å². The Morgan fingerprint density at radius 2 is 2.05 bits per heavy atom. The molecule has 1 aliphatic heterocycles. The van der Waals surface area contributed by atoms with E-state index in [-0.39, 0.29) is 0 Å². The van der Waals surface area contributed by atoms with Crippen molar-refractivity contribution in [2.45, 2.75) is 57.5 Å². The van der Waals surface area contributed by atoms with Gasteiger partial charge in [-0.15, -0.1) is 0 Å². The second-order valence-corrected chi connectivity index (χ2v) is 7.46. The number of nitrogens with one attached hydrogen (secondary N) is 1. The van der Waals surface area contributed by atoms with E-state index in [0.29, 0.717) is 5.54 Å². The molecule has 1 aromatic heterocycles. The molecule has 1 aliphatic carbocycles. The standard InChI is InChI=1S/C16H27BrN4/c1-3-13-15(17)14(20(2)19-13)11-21-10-9-18-16(12-21)7-5-4-6-8-16/h18H,3-12H2,1-2H3. The molecular formula is C16H27BrN4. The molecule has 2 aliphatic rings. The molecule has 3 rings (SSSR count). The molecule has 1 N–H and O–H groups in total. The highest BCUT2D eigenvalue weighted by Gasteiger charge is 2.36. The van der Waals surface area contributed by atoms with Gasteiger partial charge in [0.1, 0.15) is 0 Å². The van der Waals surface area contributed by atoms with Crippen LogP contribution in [0.5, 0.6) is 0 Å². The van der Waals surface area contributed by atoms with Gasteiger partial charge in [0.05, 0.1) is 15.9 Å². The van der Waals surface area contributed by atoms with Crippen LogP contribution in [0.4, 0.5) is 0 Å². The highest BCUT2D eigenvalue weighted by molar-refractivity contribution is 9.10. The molecule has 0 bridgehead atoms. The first-order chi connectivity index (χ1) is 10.1. The van der Waals surface area contributed by atoms with E-state index in [0.717, 1.165) is 26.1 Å². The van der Waals surface area contributed by atoms with Gasteiger partial charge < -0.3 is 5.32 Å². The summed E-state index contributed by atoms with van der Waals surface area (Å²) in [7, 11) is 2.07. The van der Waals surface area contributed by atoms with Gasteiger partial charge >= 0.3 is 0 Å². The minimum Gasteiger partial charge on any atom is -0.309 e. The average Bonchev–Trinajstić information content (AvgIpc) is 2.76. The summed E-state index contributed by atoms with van der Waals surface area (Å²) >= 11 is 3.75. The van der Waals surface area contributed by atoms with Gasteiger partial charge in [-0.1, -0.05) is 26.2 Å². The fourth-order valence-electron chi connectivity index (χ4n) is 3.94. The van der Waals surface area contributed by atoms with Gasteiger partial charge in [-0.3, -0.25) is 9.58 Å². The lowest BCUT2D eigenvalue weighted by molar-refractivity contribution is 0.0926. The molecule has 5 heteroatoms. The predicted octanol–water partition coefficient (Wildman–Crippen LogP) is 2.85. The van der Waals surface area contributed by atoms with Crippen LogP contribution in [0.15, 0.2) is 4.47 Å². The van der Waals surface area contributed by atoms with Gasteiger partial charge in [0.15, 0.2) is 0 Å². The summed E-state index contributed by atoms with van der Waals surface area (Å²) in [6.07, 6.45) is 7.86. The summed E-state index contributed by atoms with van der Waals surface area (Å²) in [6, 6.07) is 0. The molecule has 0 amide bonds. The van der Waals surface area contributed by atoms with Crippen molar-refractivity contribution in [3.8, 4) is 0 Å². The lowest BCUT2D eigenvalue weighted by atomic mass is 9.80. The fourth-order valence-corrected chi connectivity index (χ4v) is 4.69. The number of aromatic nitrogens is 2. The number of aryl methyl sites for hydroxylation is 2. The van der Waals surface area contributed by atoms with Crippen LogP contribution < -0.4 is 5.32 Å². The minimum absolute atomic E-state index is 0.384. The van der Waals surface area contributed by atoms with Gasteiger partial charge in [-0.25, -0.2) is 0 Å². The molecule has 1 aromatic rings. The molecule has 1 saturated heterocycles. The first kappa shape index (κ1) is 15.5. The average molecular weight is 355 g/mol. The quantitative estimate of drug-likeness (QED) is 0.905. The van der Waals surface area contributed by atoms with Crippen LogP contribution in [0.1, 0.15) is 50.4 Å². The third-order valence-corrected chi connectivity index (χ3v) is 6.06. The van der Waals surface area contributed by atoms with Crippen LogP contribution >= 0.6 is 15.9 Å². The topological polar surface area (TPSA) is 33.1 Å². The summed E-state index contributed by atoms with van der Waals surface area (Å²) in [6.45, 7) is 6.62. The smallest absolute Gasteiger partial charge is 0.0767 e. The molecule has 118 valence electrons. The second-order valence-electron chi connectivity index (χ2n) is 6.66. The van der Waals surface area contributed by atoms with Crippen LogP contribution in [-0.4, -0.2) is 39.9 Å². The van der Waals surface area contributed by atoms with E-state index in [2.05, 4.69) is 49.9 Å². The Morgan fingerprint density at radius 3 is 2.71 bits per heavy atom. The Morgan fingerprint density at radius 1 is 1.29 bits per heavy atom. The van der Waals surface area contributed by atoms with Crippen LogP contribution in [0.25, 0.3) is 0 Å². The van der Waals surface area contributed by atoms with Gasteiger partial charge in [-0.05, 0) is 35.2 Å². The van der Waals surface area contributed by atoms with Gasteiger partial charge in [0.25, 0.3) is 0 Å². The maximum absolute atomic E-state index is 4.63. The second kappa shape index (κ2) is 6.39. The number of piperazine rings is 1. The van der Waals surface area contributed by atoms with Gasteiger partial charge in [0, 0.05) is 38.8 Å². The fraction of sp³-hybridized carbons (Fsp3) is 0.812. The molecule has 0 unspecified atom stereocenters. The highest BCUT2D eigenvalue weighted by atomic mass is 79.9. The van der Waals surface area contributed by atoms with E-state index in [1.165, 1.54) is 54.5 Å². The van der Waals surface area contributed by atoms with E-state index in [4.69, 9.17) is 0 Å². The van der Waals surface area contributed by atoms with Crippen molar-refractivity contribution in [3.63, 3.8) is 0 Å². The summed E-state index contributed by atoms with van der Waals surface area (Å²) in [5, 5.41) is 8.45. The molecule has 4 nitrogen and oxygen atoms in total. The molecule has 0 radical (unpaired) electrons. The monoisotopic (exact) mass is 354 g/mol. The predicted molar refractivity (Wildman–Crippen MR) is 89.4 cm³/mol. The molecule has 0 aromatic carbocycles. The molecule has 0 atom stereocenters. The maximum atomic E-state index is 4.63. The zero-order valence-corrected chi connectivity index (χ0v) is 14.9. The van der Waals surface area contributed by atoms with Gasteiger partial charge in [-0.2, -0.15) is 5.10 Å². The Kier molecular flexibility index (Phi) is 4.71. The third kappa shape index (κ3) is 3.20. The molecule has 21 heavy (non-hydrogen) atoms. The molecule has 2 heterocycles. The number of rotatable bonds is 3. The highest BCUT2D eigenvalue weighted by Crippen LogP contribution is 2.31. The zero-order valence-electron chi connectivity index (χ0n) is 13.3. The molecular weight excluding hydrogens is 328 g/mol. The lowest BCUT2D eigenvalue weighted by Gasteiger charge is -2.46. The van der Waals surface area contributed by atoms with Crippen molar-refractivity contribution in [3.05, 3.63) is 15.9 Å². The van der Waals surface area contributed by atoms with Crippen LogP contribution in [0, 0.1) is 0 Å². The van der Waals surface area contributed by atoms with E-state index >= 15 is 0 Å². The van der Waals surface area contributed by atoms with Crippen molar-refractivity contribution in [2.75, 3.05) is 19.6 Å². The molecule has 1 saturated carbocycles. The Balaban J connectivity index is 1.71. The van der Waals surface area contributed by atoms with Gasteiger partial charge in [0.2, 0.25) is 0 Å². The Bertz CT molecular complexity index is 485. The summed E-state index contributed by atoms with van der Waals surface area (Å²) in [4.78, 5) is 2.61. The number of hydrogen-bond acceptors (Lipinski definition) is 3. The third-order valence-electron chi connectivity index (χ3n) is 5.14. The minimum atomic E-state index is 0.384. The Hall–Kier alpha value is -0.390. The number of hydrogen-bond donors (Lipinski definition) is 1. The van der Waals surface area contributed by atoms with Crippen molar-refractivity contribution in [2.24, 2.45) is 7.05 Å². The first-order valence-electron chi connectivity index (χ1n) is 8.31. The molecule has 1 spiro atoms. The summed E-state index contributed by atoms with van der Waals surface area (Å²) in [5.74, 6) is 0. The largest absolute Gasteiger partial charge is 0.309 e.